The zero-order valence-electron chi connectivity index (χ0n) is 11.2. The van der Waals surface area contributed by atoms with E-state index in [0.717, 1.165) is 24.8 Å². The van der Waals surface area contributed by atoms with E-state index in [-0.39, 0.29) is 0 Å². The van der Waals surface area contributed by atoms with E-state index in [9.17, 15) is 0 Å². The molecule has 1 nitrogen and oxygen atoms in total. The van der Waals surface area contributed by atoms with Gasteiger partial charge in [0.2, 0.25) is 0 Å². The maximum Gasteiger partial charge on any atom is 0.0115 e. The van der Waals surface area contributed by atoms with Crippen LogP contribution in [0.15, 0.2) is 12.3 Å². The first-order valence-electron chi connectivity index (χ1n) is 7.15. The summed E-state index contributed by atoms with van der Waals surface area (Å²) >= 11 is 0. The summed E-state index contributed by atoms with van der Waals surface area (Å²) in [6, 6.07) is 0. The van der Waals surface area contributed by atoms with Gasteiger partial charge in [-0.05, 0) is 31.6 Å². The van der Waals surface area contributed by atoms with Gasteiger partial charge in [0, 0.05) is 12.2 Å². The first kappa shape index (κ1) is 13.6. The minimum atomic E-state index is 0.883. The molecule has 0 heterocycles. The van der Waals surface area contributed by atoms with E-state index in [1.165, 1.54) is 50.6 Å². The minimum absolute atomic E-state index is 0.883. The summed E-state index contributed by atoms with van der Waals surface area (Å²) in [5.74, 6) is 1.87. The normalized spacial score (nSPS) is 20.1. The molecule has 0 bridgehead atoms. The molecule has 1 aliphatic carbocycles. The summed E-state index contributed by atoms with van der Waals surface area (Å²) in [5, 5.41) is 3.32. The van der Waals surface area contributed by atoms with Crippen LogP contribution in [0.25, 0.3) is 0 Å². The average molecular weight is 223 g/mol. The Kier molecular flexibility index (Phi) is 6.59. The SMILES string of the molecule is C=C(CCC(C)C1CCCCCC1)NCC. The third kappa shape index (κ3) is 5.05. The van der Waals surface area contributed by atoms with Gasteiger partial charge in [0.1, 0.15) is 0 Å². The zero-order valence-corrected chi connectivity index (χ0v) is 11.2. The third-order valence-corrected chi connectivity index (χ3v) is 4.03. The van der Waals surface area contributed by atoms with Gasteiger partial charge in [-0.25, -0.2) is 0 Å². The highest BCUT2D eigenvalue weighted by molar-refractivity contribution is 4.91. The molecule has 0 saturated heterocycles. The maximum absolute atomic E-state index is 4.07. The Morgan fingerprint density at radius 2 is 1.88 bits per heavy atom. The molecule has 94 valence electrons. The van der Waals surface area contributed by atoms with Gasteiger partial charge in [0.15, 0.2) is 0 Å². The van der Waals surface area contributed by atoms with Crippen LogP contribution in [0.1, 0.15) is 65.2 Å². The molecule has 0 radical (unpaired) electrons. The van der Waals surface area contributed by atoms with Crippen molar-refractivity contribution in [1.82, 2.24) is 5.32 Å². The lowest BCUT2D eigenvalue weighted by atomic mass is 9.84. The Labute approximate surface area is 102 Å². The van der Waals surface area contributed by atoms with E-state index in [2.05, 4.69) is 25.7 Å². The van der Waals surface area contributed by atoms with Gasteiger partial charge in [0.25, 0.3) is 0 Å². The molecule has 0 amide bonds. The molecule has 0 aromatic carbocycles. The summed E-state index contributed by atoms with van der Waals surface area (Å²) in [7, 11) is 0. The van der Waals surface area contributed by atoms with Crippen LogP contribution in [0.2, 0.25) is 0 Å². The largest absolute Gasteiger partial charge is 0.389 e. The van der Waals surface area contributed by atoms with Crippen LogP contribution in [0.5, 0.6) is 0 Å². The zero-order chi connectivity index (χ0) is 11.8. The fraction of sp³-hybridized carbons (Fsp3) is 0.867. The summed E-state index contributed by atoms with van der Waals surface area (Å²) in [6.45, 7) is 9.66. The first-order valence-corrected chi connectivity index (χ1v) is 7.15. The lowest BCUT2D eigenvalue weighted by Crippen LogP contribution is -2.15. The second-order valence-corrected chi connectivity index (χ2v) is 5.40. The second-order valence-electron chi connectivity index (χ2n) is 5.40. The van der Waals surface area contributed by atoms with Crippen molar-refractivity contribution in [3.8, 4) is 0 Å². The molecule has 1 rings (SSSR count). The summed E-state index contributed by atoms with van der Waals surface area (Å²) in [6.07, 6.45) is 11.3. The lowest BCUT2D eigenvalue weighted by Gasteiger charge is -2.22. The van der Waals surface area contributed by atoms with Crippen molar-refractivity contribution in [2.45, 2.75) is 65.2 Å². The standard InChI is InChI=1S/C15H29N/c1-4-16-14(3)12-11-13(2)15-9-7-5-6-8-10-15/h13,15-16H,3-12H2,1-2H3. The van der Waals surface area contributed by atoms with Crippen molar-refractivity contribution in [2.75, 3.05) is 6.54 Å². The molecule has 0 aromatic heterocycles. The second kappa shape index (κ2) is 7.76. The summed E-state index contributed by atoms with van der Waals surface area (Å²) in [5.41, 5.74) is 1.22. The highest BCUT2D eigenvalue weighted by Gasteiger charge is 2.18. The number of rotatable bonds is 6. The maximum atomic E-state index is 4.07. The predicted molar refractivity (Wildman–Crippen MR) is 72.4 cm³/mol. The van der Waals surface area contributed by atoms with Gasteiger partial charge in [-0.3, -0.25) is 0 Å². The van der Waals surface area contributed by atoms with Crippen LogP contribution >= 0.6 is 0 Å². The number of allylic oxidation sites excluding steroid dienone is 1. The molecule has 1 aliphatic rings. The fourth-order valence-electron chi connectivity index (χ4n) is 2.86. The van der Waals surface area contributed by atoms with E-state index >= 15 is 0 Å². The summed E-state index contributed by atoms with van der Waals surface area (Å²) in [4.78, 5) is 0. The Hall–Kier alpha value is -0.460. The molecule has 0 spiro atoms. The molecule has 0 aliphatic heterocycles. The predicted octanol–water partition coefficient (Wildman–Crippen LogP) is 4.50. The van der Waals surface area contributed by atoms with Crippen LogP contribution in [0.3, 0.4) is 0 Å². The Balaban J connectivity index is 2.22. The van der Waals surface area contributed by atoms with Crippen molar-refractivity contribution in [1.29, 1.82) is 0 Å². The highest BCUT2D eigenvalue weighted by Crippen LogP contribution is 2.31. The fourth-order valence-corrected chi connectivity index (χ4v) is 2.86. The number of nitrogens with one attached hydrogen (secondary N) is 1. The average Bonchev–Trinajstić information content (AvgIpc) is 2.55. The van der Waals surface area contributed by atoms with E-state index < -0.39 is 0 Å². The van der Waals surface area contributed by atoms with Gasteiger partial charge in [-0.15, -0.1) is 0 Å². The Morgan fingerprint density at radius 1 is 1.25 bits per heavy atom. The smallest absolute Gasteiger partial charge is 0.0115 e. The van der Waals surface area contributed by atoms with Gasteiger partial charge in [-0.1, -0.05) is 52.0 Å². The van der Waals surface area contributed by atoms with E-state index in [0.29, 0.717) is 0 Å². The van der Waals surface area contributed by atoms with Gasteiger partial charge >= 0.3 is 0 Å². The quantitative estimate of drug-likeness (QED) is 0.654. The van der Waals surface area contributed by atoms with Crippen LogP contribution in [0, 0.1) is 11.8 Å². The molecule has 1 atom stereocenters. The van der Waals surface area contributed by atoms with Gasteiger partial charge in [0.05, 0.1) is 0 Å². The summed E-state index contributed by atoms with van der Waals surface area (Å²) < 4.78 is 0. The third-order valence-electron chi connectivity index (χ3n) is 4.03. The highest BCUT2D eigenvalue weighted by atomic mass is 14.9. The first-order chi connectivity index (χ1) is 7.74. The van der Waals surface area contributed by atoms with Crippen molar-refractivity contribution < 1.29 is 0 Å². The number of hydrogen-bond donors (Lipinski definition) is 1. The molecule has 0 aromatic rings. The molecule has 1 unspecified atom stereocenters. The van der Waals surface area contributed by atoms with E-state index in [1.54, 1.807) is 0 Å². The molecular weight excluding hydrogens is 194 g/mol. The van der Waals surface area contributed by atoms with Crippen LogP contribution in [-0.2, 0) is 0 Å². The Morgan fingerprint density at radius 3 is 2.44 bits per heavy atom. The van der Waals surface area contributed by atoms with Crippen molar-refractivity contribution in [2.24, 2.45) is 11.8 Å². The lowest BCUT2D eigenvalue weighted by molar-refractivity contribution is 0.302. The van der Waals surface area contributed by atoms with Crippen molar-refractivity contribution in [3.63, 3.8) is 0 Å². The molecule has 1 fully saturated rings. The van der Waals surface area contributed by atoms with Crippen LogP contribution in [-0.4, -0.2) is 6.54 Å². The molecule has 1 N–H and O–H groups in total. The van der Waals surface area contributed by atoms with Gasteiger partial charge < -0.3 is 5.32 Å². The molecule has 1 saturated carbocycles. The molecule has 16 heavy (non-hydrogen) atoms. The molecular formula is C15H29N. The van der Waals surface area contributed by atoms with E-state index in [4.69, 9.17) is 0 Å². The topological polar surface area (TPSA) is 12.0 Å². The van der Waals surface area contributed by atoms with E-state index in [1.807, 2.05) is 0 Å². The minimum Gasteiger partial charge on any atom is -0.389 e. The Bertz CT molecular complexity index is 190. The van der Waals surface area contributed by atoms with Crippen molar-refractivity contribution in [3.05, 3.63) is 12.3 Å². The van der Waals surface area contributed by atoms with Crippen molar-refractivity contribution >= 4 is 0 Å². The number of hydrogen-bond acceptors (Lipinski definition) is 1. The monoisotopic (exact) mass is 223 g/mol. The molecule has 1 heteroatoms. The van der Waals surface area contributed by atoms with Crippen LogP contribution < -0.4 is 5.32 Å². The van der Waals surface area contributed by atoms with Crippen LogP contribution in [0.4, 0.5) is 0 Å². The van der Waals surface area contributed by atoms with Gasteiger partial charge in [-0.2, -0.15) is 0 Å².